The van der Waals surface area contributed by atoms with Gasteiger partial charge in [-0.15, -0.1) is 0 Å². The van der Waals surface area contributed by atoms with Crippen molar-refractivity contribution < 1.29 is 14.6 Å². The number of benzene rings is 1. The summed E-state index contributed by atoms with van der Waals surface area (Å²) in [6.07, 6.45) is 0.527. The Kier molecular flexibility index (Phi) is 5.07. The van der Waals surface area contributed by atoms with Crippen LogP contribution in [0.3, 0.4) is 0 Å². The minimum absolute atomic E-state index is 0.240. The monoisotopic (exact) mass is 329 g/mol. The summed E-state index contributed by atoms with van der Waals surface area (Å²) >= 11 is 3.48. The minimum atomic E-state index is -0.240. The molecule has 0 aliphatic carbocycles. The summed E-state index contributed by atoms with van der Waals surface area (Å²) in [5.41, 5.74) is 1.13. The van der Waals surface area contributed by atoms with Gasteiger partial charge >= 0.3 is 0 Å². The number of hydrogen-bond donors (Lipinski definition) is 2. The predicted octanol–water partition coefficient (Wildman–Crippen LogP) is 2.67. The summed E-state index contributed by atoms with van der Waals surface area (Å²) < 4.78 is 11.6. The van der Waals surface area contributed by atoms with Gasteiger partial charge in [0, 0.05) is 6.54 Å². The largest absolute Gasteiger partial charge is 0.454 e. The Bertz CT molecular complexity index is 437. The third-order valence-corrected chi connectivity index (χ3v) is 3.79. The molecule has 0 fully saturated rings. The standard InChI is InChI=1S/C14H20BrNO3/c1-9(2)12(17)3-4-16-7-10-5-11(15)14-13(6-10)18-8-19-14/h5-6,9,12,16-17H,3-4,7-8H2,1-2H3. The van der Waals surface area contributed by atoms with Gasteiger partial charge in [0.25, 0.3) is 0 Å². The smallest absolute Gasteiger partial charge is 0.231 e. The summed E-state index contributed by atoms with van der Waals surface area (Å²) in [6, 6.07) is 4.01. The summed E-state index contributed by atoms with van der Waals surface area (Å²) in [5, 5.41) is 13.0. The Hall–Kier alpha value is -0.780. The zero-order chi connectivity index (χ0) is 13.8. The molecule has 1 aromatic rings. The van der Waals surface area contributed by atoms with E-state index in [2.05, 4.69) is 21.2 Å². The maximum atomic E-state index is 9.71. The van der Waals surface area contributed by atoms with Crippen LogP contribution in [0.5, 0.6) is 11.5 Å². The number of nitrogens with one attached hydrogen (secondary N) is 1. The molecule has 0 bridgehead atoms. The van der Waals surface area contributed by atoms with E-state index in [1.807, 2.05) is 26.0 Å². The maximum Gasteiger partial charge on any atom is 0.231 e. The Morgan fingerprint density at radius 2 is 2.16 bits per heavy atom. The van der Waals surface area contributed by atoms with Crippen molar-refractivity contribution in [2.24, 2.45) is 5.92 Å². The normalized spacial score (nSPS) is 15.0. The molecular weight excluding hydrogens is 310 g/mol. The summed E-state index contributed by atoms with van der Waals surface area (Å²) in [5.74, 6) is 1.87. The van der Waals surface area contributed by atoms with Crippen LogP contribution in [-0.2, 0) is 6.54 Å². The first-order valence-corrected chi connectivity index (χ1v) is 7.34. The molecule has 106 valence electrons. The minimum Gasteiger partial charge on any atom is -0.454 e. The lowest BCUT2D eigenvalue weighted by atomic mass is 10.0. The van der Waals surface area contributed by atoms with Gasteiger partial charge in [0.15, 0.2) is 11.5 Å². The van der Waals surface area contributed by atoms with E-state index in [1.165, 1.54) is 0 Å². The van der Waals surface area contributed by atoms with Gasteiger partial charge in [-0.1, -0.05) is 13.8 Å². The molecule has 1 aliphatic heterocycles. The van der Waals surface area contributed by atoms with E-state index in [-0.39, 0.29) is 12.9 Å². The zero-order valence-corrected chi connectivity index (χ0v) is 12.9. The SMILES string of the molecule is CC(C)C(O)CCNCc1cc(Br)c2c(c1)OCO2. The van der Waals surface area contributed by atoms with Crippen molar-refractivity contribution in [2.75, 3.05) is 13.3 Å². The van der Waals surface area contributed by atoms with Gasteiger partial charge in [-0.05, 0) is 52.5 Å². The number of aliphatic hydroxyl groups is 1. The summed E-state index contributed by atoms with van der Waals surface area (Å²) in [6.45, 7) is 5.89. The quantitative estimate of drug-likeness (QED) is 0.788. The molecule has 1 aliphatic rings. The topological polar surface area (TPSA) is 50.7 Å². The number of ether oxygens (including phenoxy) is 2. The highest BCUT2D eigenvalue weighted by atomic mass is 79.9. The predicted molar refractivity (Wildman–Crippen MR) is 77.4 cm³/mol. The van der Waals surface area contributed by atoms with Crippen LogP contribution in [0, 0.1) is 5.92 Å². The van der Waals surface area contributed by atoms with Crippen LogP contribution in [0.1, 0.15) is 25.8 Å². The van der Waals surface area contributed by atoms with E-state index in [1.54, 1.807) is 0 Å². The first kappa shape index (κ1) is 14.6. The average Bonchev–Trinajstić information content (AvgIpc) is 2.83. The first-order chi connectivity index (χ1) is 9.08. The molecule has 0 aromatic heterocycles. The van der Waals surface area contributed by atoms with Gasteiger partial charge in [-0.3, -0.25) is 0 Å². The van der Waals surface area contributed by atoms with Gasteiger partial charge in [-0.25, -0.2) is 0 Å². The fourth-order valence-electron chi connectivity index (χ4n) is 1.94. The molecule has 0 amide bonds. The average molecular weight is 330 g/mol. The lowest BCUT2D eigenvalue weighted by Gasteiger charge is -2.14. The Balaban J connectivity index is 1.82. The van der Waals surface area contributed by atoms with Crippen molar-refractivity contribution in [2.45, 2.75) is 32.9 Å². The van der Waals surface area contributed by atoms with Gasteiger partial charge in [0.1, 0.15) is 0 Å². The van der Waals surface area contributed by atoms with Crippen LogP contribution >= 0.6 is 15.9 Å². The lowest BCUT2D eigenvalue weighted by molar-refractivity contribution is 0.116. The molecule has 1 unspecified atom stereocenters. The molecule has 1 heterocycles. The zero-order valence-electron chi connectivity index (χ0n) is 11.3. The van der Waals surface area contributed by atoms with Crippen LogP contribution in [-0.4, -0.2) is 24.5 Å². The highest BCUT2D eigenvalue weighted by molar-refractivity contribution is 9.10. The highest BCUT2D eigenvalue weighted by Gasteiger charge is 2.17. The first-order valence-electron chi connectivity index (χ1n) is 6.54. The molecule has 0 saturated carbocycles. The molecule has 0 radical (unpaired) electrons. The molecule has 4 nitrogen and oxygen atoms in total. The third-order valence-electron chi connectivity index (χ3n) is 3.20. The molecule has 2 rings (SSSR count). The van der Waals surface area contributed by atoms with Crippen molar-refractivity contribution in [1.82, 2.24) is 5.32 Å². The van der Waals surface area contributed by atoms with Crippen molar-refractivity contribution in [1.29, 1.82) is 0 Å². The summed E-state index contributed by atoms with van der Waals surface area (Å²) in [7, 11) is 0. The maximum absolute atomic E-state index is 9.71. The Morgan fingerprint density at radius 1 is 1.37 bits per heavy atom. The second-order valence-corrected chi connectivity index (χ2v) is 5.94. The highest BCUT2D eigenvalue weighted by Crippen LogP contribution is 2.39. The van der Waals surface area contributed by atoms with Crippen LogP contribution in [0.15, 0.2) is 16.6 Å². The second-order valence-electron chi connectivity index (χ2n) is 5.09. The van der Waals surface area contributed by atoms with Gasteiger partial charge < -0.3 is 19.9 Å². The van der Waals surface area contributed by atoms with Crippen LogP contribution in [0.4, 0.5) is 0 Å². The van der Waals surface area contributed by atoms with E-state index in [9.17, 15) is 5.11 Å². The molecule has 19 heavy (non-hydrogen) atoms. The molecule has 0 spiro atoms. The van der Waals surface area contributed by atoms with Crippen molar-refractivity contribution in [3.05, 3.63) is 22.2 Å². The fraction of sp³-hybridized carbons (Fsp3) is 0.571. The van der Waals surface area contributed by atoms with Crippen molar-refractivity contribution >= 4 is 15.9 Å². The lowest BCUT2D eigenvalue weighted by Crippen LogP contribution is -2.23. The van der Waals surface area contributed by atoms with Gasteiger partial charge in [-0.2, -0.15) is 0 Å². The van der Waals surface area contributed by atoms with E-state index in [0.717, 1.165) is 41.0 Å². The number of rotatable bonds is 6. The number of hydrogen-bond acceptors (Lipinski definition) is 4. The molecular formula is C14H20BrNO3. The van der Waals surface area contributed by atoms with Crippen LogP contribution in [0.2, 0.25) is 0 Å². The van der Waals surface area contributed by atoms with Crippen LogP contribution < -0.4 is 14.8 Å². The van der Waals surface area contributed by atoms with E-state index < -0.39 is 0 Å². The Morgan fingerprint density at radius 3 is 2.89 bits per heavy atom. The molecule has 2 N–H and O–H groups in total. The molecule has 1 aromatic carbocycles. The molecule has 0 saturated heterocycles. The molecule has 1 atom stereocenters. The van der Waals surface area contributed by atoms with E-state index >= 15 is 0 Å². The number of fused-ring (bicyclic) bond motifs is 1. The molecule has 5 heteroatoms. The van der Waals surface area contributed by atoms with E-state index in [4.69, 9.17) is 9.47 Å². The number of aliphatic hydroxyl groups excluding tert-OH is 1. The third kappa shape index (κ3) is 3.84. The Labute approximate surface area is 122 Å². The van der Waals surface area contributed by atoms with Crippen molar-refractivity contribution in [3.8, 4) is 11.5 Å². The summed E-state index contributed by atoms with van der Waals surface area (Å²) in [4.78, 5) is 0. The number of halogens is 1. The van der Waals surface area contributed by atoms with Crippen LogP contribution in [0.25, 0.3) is 0 Å². The van der Waals surface area contributed by atoms with Crippen molar-refractivity contribution in [3.63, 3.8) is 0 Å². The second kappa shape index (κ2) is 6.59. The van der Waals surface area contributed by atoms with Gasteiger partial charge in [0.2, 0.25) is 6.79 Å². The fourth-order valence-corrected chi connectivity index (χ4v) is 2.54. The van der Waals surface area contributed by atoms with E-state index in [0.29, 0.717) is 5.92 Å². The van der Waals surface area contributed by atoms with Gasteiger partial charge in [0.05, 0.1) is 10.6 Å².